The zero-order valence-electron chi connectivity index (χ0n) is 11.7. The van der Waals surface area contributed by atoms with Crippen LogP contribution in [-0.2, 0) is 21.2 Å². The summed E-state index contributed by atoms with van der Waals surface area (Å²) in [6, 6.07) is 3.72. The van der Waals surface area contributed by atoms with E-state index in [1.807, 2.05) is 0 Å². The Hall–Kier alpha value is -0.920. The van der Waals surface area contributed by atoms with Crippen LogP contribution >= 0.6 is 11.3 Å². The molecule has 1 aromatic rings. The minimum atomic E-state index is -3.15. The molecule has 20 heavy (non-hydrogen) atoms. The fourth-order valence-corrected chi connectivity index (χ4v) is 4.26. The molecule has 112 valence electrons. The highest BCUT2D eigenvalue weighted by Gasteiger charge is 2.24. The molecule has 0 unspecified atom stereocenters. The van der Waals surface area contributed by atoms with Crippen LogP contribution in [0.25, 0.3) is 0 Å². The van der Waals surface area contributed by atoms with Gasteiger partial charge >= 0.3 is 0 Å². The van der Waals surface area contributed by atoms with E-state index in [1.54, 1.807) is 12.1 Å². The van der Waals surface area contributed by atoms with Gasteiger partial charge in [0.2, 0.25) is 5.91 Å². The van der Waals surface area contributed by atoms with Crippen molar-refractivity contribution in [3.05, 3.63) is 17.0 Å². The maximum absolute atomic E-state index is 12.1. The normalized spacial score (nSPS) is 23.5. The highest BCUT2D eigenvalue weighted by molar-refractivity contribution is 7.92. The SMILES string of the molecule is C[C@H]1C[C@@H](C(=O)NCc2ccc(S(C)(=O)=O)s2)CCN1. The number of thiophene rings is 1. The van der Waals surface area contributed by atoms with E-state index >= 15 is 0 Å². The molecule has 2 rings (SSSR count). The molecule has 0 aromatic carbocycles. The van der Waals surface area contributed by atoms with E-state index in [0.717, 1.165) is 24.3 Å². The minimum absolute atomic E-state index is 0.0561. The Morgan fingerprint density at radius 2 is 2.25 bits per heavy atom. The van der Waals surface area contributed by atoms with Crippen molar-refractivity contribution in [1.29, 1.82) is 0 Å². The van der Waals surface area contributed by atoms with Gasteiger partial charge in [0.05, 0.1) is 6.54 Å². The van der Waals surface area contributed by atoms with Gasteiger partial charge in [0, 0.05) is 23.1 Å². The zero-order valence-corrected chi connectivity index (χ0v) is 13.3. The predicted octanol–water partition coefficient (Wildman–Crippen LogP) is 1.16. The molecule has 1 aliphatic rings. The third kappa shape index (κ3) is 4.04. The van der Waals surface area contributed by atoms with E-state index in [1.165, 1.54) is 17.6 Å². The van der Waals surface area contributed by atoms with E-state index in [-0.39, 0.29) is 11.8 Å². The molecule has 0 radical (unpaired) electrons. The second-order valence-corrected chi connectivity index (χ2v) is 8.70. The van der Waals surface area contributed by atoms with E-state index < -0.39 is 9.84 Å². The van der Waals surface area contributed by atoms with Gasteiger partial charge in [0.25, 0.3) is 0 Å². The van der Waals surface area contributed by atoms with Crippen LogP contribution in [0.4, 0.5) is 0 Å². The molecule has 0 aliphatic carbocycles. The second kappa shape index (κ2) is 6.24. The number of nitrogens with one attached hydrogen (secondary N) is 2. The number of carbonyl (C=O) groups is 1. The molecule has 2 N–H and O–H groups in total. The molecule has 1 aromatic heterocycles. The Kier molecular flexibility index (Phi) is 4.82. The standard InChI is InChI=1S/C13H20N2O3S2/c1-9-7-10(5-6-14-9)13(16)15-8-11-3-4-12(19-11)20(2,17)18/h3-4,9-10,14H,5-8H2,1-2H3,(H,15,16)/t9-,10-/m0/s1. The van der Waals surface area contributed by atoms with Crippen molar-refractivity contribution in [3.8, 4) is 0 Å². The van der Waals surface area contributed by atoms with Crippen LogP contribution in [0.3, 0.4) is 0 Å². The summed E-state index contributed by atoms with van der Waals surface area (Å²) in [5.41, 5.74) is 0. The average molecular weight is 316 g/mol. The van der Waals surface area contributed by atoms with Crippen LogP contribution in [-0.4, -0.2) is 33.2 Å². The van der Waals surface area contributed by atoms with Crippen LogP contribution in [0.2, 0.25) is 0 Å². The summed E-state index contributed by atoms with van der Waals surface area (Å²) in [4.78, 5) is 12.9. The van der Waals surface area contributed by atoms with Crippen molar-refractivity contribution in [1.82, 2.24) is 10.6 Å². The van der Waals surface area contributed by atoms with Crippen LogP contribution < -0.4 is 10.6 Å². The first-order valence-corrected chi connectivity index (χ1v) is 9.37. The fraction of sp³-hybridized carbons (Fsp3) is 0.615. The minimum Gasteiger partial charge on any atom is -0.351 e. The van der Waals surface area contributed by atoms with Gasteiger partial charge in [0.1, 0.15) is 4.21 Å². The average Bonchev–Trinajstić information content (AvgIpc) is 2.84. The van der Waals surface area contributed by atoms with Crippen molar-refractivity contribution < 1.29 is 13.2 Å². The number of hydrogen-bond donors (Lipinski definition) is 2. The summed E-state index contributed by atoms with van der Waals surface area (Å²) >= 11 is 1.21. The van der Waals surface area contributed by atoms with Gasteiger partial charge in [-0.25, -0.2) is 8.42 Å². The monoisotopic (exact) mass is 316 g/mol. The molecule has 1 aliphatic heterocycles. The topological polar surface area (TPSA) is 75.3 Å². The van der Waals surface area contributed by atoms with Gasteiger partial charge < -0.3 is 10.6 Å². The van der Waals surface area contributed by atoms with E-state index in [0.29, 0.717) is 16.8 Å². The van der Waals surface area contributed by atoms with E-state index in [4.69, 9.17) is 0 Å². The Morgan fingerprint density at radius 3 is 2.85 bits per heavy atom. The van der Waals surface area contributed by atoms with Gasteiger partial charge in [-0.1, -0.05) is 0 Å². The molecule has 5 nitrogen and oxygen atoms in total. The maximum atomic E-state index is 12.1. The number of rotatable bonds is 4. The quantitative estimate of drug-likeness (QED) is 0.874. The highest BCUT2D eigenvalue weighted by Crippen LogP contribution is 2.22. The maximum Gasteiger partial charge on any atom is 0.223 e. The first-order valence-electron chi connectivity index (χ1n) is 6.66. The van der Waals surface area contributed by atoms with Crippen molar-refractivity contribution in [2.45, 2.75) is 36.6 Å². The number of carbonyl (C=O) groups excluding carboxylic acids is 1. The van der Waals surface area contributed by atoms with Crippen molar-refractivity contribution in [3.63, 3.8) is 0 Å². The summed E-state index contributed by atoms with van der Waals surface area (Å²) < 4.78 is 23.1. The lowest BCUT2D eigenvalue weighted by atomic mass is 9.92. The molecule has 1 amide bonds. The molecule has 0 spiro atoms. The molecule has 0 bridgehead atoms. The molecule has 2 atom stereocenters. The van der Waals surface area contributed by atoms with Crippen molar-refractivity contribution >= 4 is 27.1 Å². The van der Waals surface area contributed by atoms with Gasteiger partial charge in [-0.2, -0.15) is 0 Å². The second-order valence-electron chi connectivity index (χ2n) is 5.29. The van der Waals surface area contributed by atoms with E-state index in [9.17, 15) is 13.2 Å². The van der Waals surface area contributed by atoms with Gasteiger partial charge in [-0.15, -0.1) is 11.3 Å². The summed E-state index contributed by atoms with van der Waals surface area (Å²) in [5.74, 6) is 0.119. The summed E-state index contributed by atoms with van der Waals surface area (Å²) in [7, 11) is -3.15. The molecular formula is C13H20N2O3S2. The lowest BCUT2D eigenvalue weighted by molar-refractivity contribution is -0.126. The molecule has 1 saturated heterocycles. The first-order chi connectivity index (χ1) is 9.36. The van der Waals surface area contributed by atoms with Crippen LogP contribution in [0.5, 0.6) is 0 Å². The number of sulfone groups is 1. The van der Waals surface area contributed by atoms with Crippen LogP contribution in [0.1, 0.15) is 24.6 Å². The number of piperidine rings is 1. The highest BCUT2D eigenvalue weighted by atomic mass is 32.2. The van der Waals surface area contributed by atoms with Crippen molar-refractivity contribution in [2.24, 2.45) is 5.92 Å². The third-order valence-corrected chi connectivity index (χ3v) is 6.34. The van der Waals surface area contributed by atoms with Gasteiger partial charge in [0.15, 0.2) is 9.84 Å². The van der Waals surface area contributed by atoms with Crippen LogP contribution in [0.15, 0.2) is 16.3 Å². The predicted molar refractivity (Wildman–Crippen MR) is 79.5 cm³/mol. The zero-order chi connectivity index (χ0) is 14.8. The third-order valence-electron chi connectivity index (χ3n) is 3.43. The van der Waals surface area contributed by atoms with Crippen LogP contribution in [0, 0.1) is 5.92 Å². The smallest absolute Gasteiger partial charge is 0.223 e. The van der Waals surface area contributed by atoms with Gasteiger partial charge in [-0.05, 0) is 38.4 Å². The summed E-state index contributed by atoms with van der Waals surface area (Å²) in [6.07, 6.45) is 2.90. The lowest BCUT2D eigenvalue weighted by Crippen LogP contribution is -2.42. The fourth-order valence-electron chi connectivity index (χ4n) is 2.34. The summed E-state index contributed by atoms with van der Waals surface area (Å²) in [5, 5.41) is 6.22. The summed E-state index contributed by atoms with van der Waals surface area (Å²) in [6.45, 7) is 3.35. The first kappa shape index (κ1) is 15.5. The Balaban J connectivity index is 1.88. The number of hydrogen-bond acceptors (Lipinski definition) is 5. The Morgan fingerprint density at radius 1 is 1.50 bits per heavy atom. The van der Waals surface area contributed by atoms with E-state index in [2.05, 4.69) is 17.6 Å². The van der Waals surface area contributed by atoms with Crippen molar-refractivity contribution in [2.75, 3.05) is 12.8 Å². The molecule has 1 fully saturated rings. The number of amides is 1. The molecule has 7 heteroatoms. The van der Waals surface area contributed by atoms with Gasteiger partial charge in [-0.3, -0.25) is 4.79 Å². The molecular weight excluding hydrogens is 296 g/mol. The lowest BCUT2D eigenvalue weighted by Gasteiger charge is -2.27. The molecule has 0 saturated carbocycles. The Bertz CT molecular complexity index is 580. The largest absolute Gasteiger partial charge is 0.351 e. The molecule has 2 heterocycles. The Labute approximate surface area is 123 Å².